The van der Waals surface area contributed by atoms with Crippen molar-refractivity contribution in [3.63, 3.8) is 0 Å². The molecule has 0 heterocycles. The fourth-order valence-corrected chi connectivity index (χ4v) is 1.97. The smallest absolute Gasteiger partial charge is 0.238 e. The van der Waals surface area contributed by atoms with Gasteiger partial charge in [-0.3, -0.25) is 0 Å². The van der Waals surface area contributed by atoms with Gasteiger partial charge in [0.05, 0.1) is 4.90 Å². The molecule has 14 heavy (non-hydrogen) atoms. The van der Waals surface area contributed by atoms with Crippen molar-refractivity contribution in [3.8, 4) is 0 Å². The summed E-state index contributed by atoms with van der Waals surface area (Å²) in [6.07, 6.45) is 0.353. The minimum absolute atomic E-state index is 0.192. The largest absolute Gasteiger partial charge is 0.330 e. The quantitative estimate of drug-likeness (QED) is 0.747. The van der Waals surface area contributed by atoms with Crippen LogP contribution < -0.4 is 10.9 Å². The molecule has 0 spiro atoms. The molecule has 78 valence electrons. The summed E-state index contributed by atoms with van der Waals surface area (Å²) in [5, 5.41) is 4.92. The highest BCUT2D eigenvalue weighted by atomic mass is 32.2. The lowest BCUT2D eigenvalue weighted by Crippen LogP contribution is -2.16. The van der Waals surface area contributed by atoms with E-state index in [0.29, 0.717) is 12.0 Å². The molecule has 0 aliphatic carbocycles. The van der Waals surface area contributed by atoms with E-state index >= 15 is 0 Å². The average molecular weight is 218 g/mol. The predicted octanol–water partition coefficient (Wildman–Crippen LogP) is -0.0257. The van der Waals surface area contributed by atoms with E-state index in [9.17, 15) is 12.8 Å². The fourth-order valence-electron chi connectivity index (χ4n) is 1.16. The molecule has 0 fully saturated rings. The van der Waals surface area contributed by atoms with Crippen molar-refractivity contribution in [1.82, 2.24) is 0 Å². The maximum Gasteiger partial charge on any atom is 0.238 e. The third kappa shape index (κ3) is 2.50. The molecule has 6 heteroatoms. The topological polar surface area (TPSA) is 86.2 Å². The monoisotopic (exact) mass is 218 g/mol. The summed E-state index contributed by atoms with van der Waals surface area (Å²) in [6, 6.07) is 3.46. The number of sulfonamides is 1. The summed E-state index contributed by atoms with van der Waals surface area (Å²) in [7, 11) is -3.87. The zero-order valence-corrected chi connectivity index (χ0v) is 8.22. The van der Waals surface area contributed by atoms with Crippen LogP contribution in [-0.2, 0) is 16.4 Å². The van der Waals surface area contributed by atoms with E-state index < -0.39 is 15.8 Å². The van der Waals surface area contributed by atoms with Gasteiger partial charge in [-0.15, -0.1) is 0 Å². The molecular weight excluding hydrogens is 207 g/mol. The molecule has 0 saturated heterocycles. The molecule has 0 atom stereocenters. The first-order valence-electron chi connectivity index (χ1n) is 3.96. The van der Waals surface area contributed by atoms with Gasteiger partial charge < -0.3 is 5.73 Å². The van der Waals surface area contributed by atoms with Gasteiger partial charge in [0.2, 0.25) is 10.0 Å². The normalized spacial score (nSPS) is 11.6. The number of rotatable bonds is 3. The molecule has 0 aliphatic rings. The van der Waals surface area contributed by atoms with Crippen molar-refractivity contribution in [3.05, 3.63) is 29.6 Å². The molecule has 0 radical (unpaired) electrons. The van der Waals surface area contributed by atoms with Gasteiger partial charge in [-0.2, -0.15) is 0 Å². The van der Waals surface area contributed by atoms with E-state index in [1.807, 2.05) is 0 Å². The first-order chi connectivity index (χ1) is 6.45. The number of hydrogen-bond donors (Lipinski definition) is 2. The van der Waals surface area contributed by atoms with E-state index in [1.165, 1.54) is 12.1 Å². The number of primary sulfonamides is 1. The van der Waals surface area contributed by atoms with Crippen molar-refractivity contribution in [2.24, 2.45) is 10.9 Å². The Bertz CT molecular complexity index is 431. The van der Waals surface area contributed by atoms with Crippen LogP contribution in [0.5, 0.6) is 0 Å². The van der Waals surface area contributed by atoms with Gasteiger partial charge in [0.15, 0.2) is 0 Å². The lowest BCUT2D eigenvalue weighted by atomic mass is 10.1. The first kappa shape index (κ1) is 11.1. The van der Waals surface area contributed by atoms with E-state index in [2.05, 4.69) is 0 Å². The Balaban J connectivity index is 3.30. The maximum absolute atomic E-state index is 12.8. The molecule has 1 rings (SSSR count). The molecule has 0 aliphatic heterocycles. The van der Waals surface area contributed by atoms with Gasteiger partial charge in [-0.1, -0.05) is 6.07 Å². The maximum atomic E-state index is 12.8. The van der Waals surface area contributed by atoms with Gasteiger partial charge in [0, 0.05) is 0 Å². The van der Waals surface area contributed by atoms with Gasteiger partial charge in [0.1, 0.15) is 5.82 Å². The third-order valence-corrected chi connectivity index (χ3v) is 2.74. The van der Waals surface area contributed by atoms with Gasteiger partial charge in [0.25, 0.3) is 0 Å². The van der Waals surface area contributed by atoms with Gasteiger partial charge in [-0.05, 0) is 30.7 Å². The highest BCUT2D eigenvalue weighted by Gasteiger charge is 2.14. The zero-order chi connectivity index (χ0) is 10.8. The Morgan fingerprint density at radius 3 is 2.50 bits per heavy atom. The average Bonchev–Trinajstić information content (AvgIpc) is 2.07. The van der Waals surface area contributed by atoms with Crippen LogP contribution in [0.3, 0.4) is 0 Å². The number of benzene rings is 1. The SMILES string of the molecule is NCCc1ccc(F)cc1S(N)(=O)=O. The van der Waals surface area contributed by atoms with Crippen molar-refractivity contribution in [2.75, 3.05) is 6.54 Å². The second-order valence-electron chi connectivity index (χ2n) is 2.84. The van der Waals surface area contributed by atoms with E-state index in [0.717, 1.165) is 6.07 Å². The van der Waals surface area contributed by atoms with Crippen LogP contribution in [0.4, 0.5) is 4.39 Å². The molecule has 0 unspecified atom stereocenters. The minimum Gasteiger partial charge on any atom is -0.330 e. The summed E-state index contributed by atoms with van der Waals surface area (Å²) in [5.41, 5.74) is 5.72. The lowest BCUT2D eigenvalue weighted by molar-refractivity contribution is 0.590. The van der Waals surface area contributed by atoms with Gasteiger partial charge >= 0.3 is 0 Å². The minimum atomic E-state index is -3.87. The van der Waals surface area contributed by atoms with Crippen LogP contribution in [0.15, 0.2) is 23.1 Å². The molecule has 0 aromatic heterocycles. The van der Waals surface area contributed by atoms with E-state index in [1.54, 1.807) is 0 Å². The van der Waals surface area contributed by atoms with Crippen LogP contribution in [0.1, 0.15) is 5.56 Å². The number of nitrogens with two attached hydrogens (primary N) is 2. The lowest BCUT2D eigenvalue weighted by Gasteiger charge is -2.05. The third-order valence-electron chi connectivity index (χ3n) is 1.75. The molecule has 4 N–H and O–H groups in total. The molecule has 1 aromatic carbocycles. The fraction of sp³-hybridized carbons (Fsp3) is 0.250. The molecule has 1 aromatic rings. The molecule has 4 nitrogen and oxygen atoms in total. The van der Waals surface area contributed by atoms with Crippen LogP contribution in [0.25, 0.3) is 0 Å². The predicted molar refractivity (Wildman–Crippen MR) is 50.5 cm³/mol. The summed E-state index contributed by atoms with van der Waals surface area (Å²) >= 11 is 0. The second kappa shape index (κ2) is 4.04. The highest BCUT2D eigenvalue weighted by molar-refractivity contribution is 7.89. The Morgan fingerprint density at radius 2 is 2.00 bits per heavy atom. The first-order valence-corrected chi connectivity index (χ1v) is 5.51. The van der Waals surface area contributed by atoms with Crippen LogP contribution in [-0.4, -0.2) is 15.0 Å². The summed E-state index contributed by atoms with van der Waals surface area (Å²) in [6.45, 7) is 0.286. The Morgan fingerprint density at radius 1 is 1.36 bits per heavy atom. The Hall–Kier alpha value is -0.980. The molecular formula is C8H11FN2O2S. The van der Waals surface area contributed by atoms with Crippen molar-refractivity contribution < 1.29 is 12.8 Å². The molecule has 0 bridgehead atoms. The van der Waals surface area contributed by atoms with Crippen molar-refractivity contribution in [1.29, 1.82) is 0 Å². The molecule has 0 saturated carbocycles. The summed E-state index contributed by atoms with van der Waals surface area (Å²) in [5.74, 6) is -0.630. The van der Waals surface area contributed by atoms with Crippen molar-refractivity contribution >= 4 is 10.0 Å². The van der Waals surface area contributed by atoms with Crippen LogP contribution >= 0.6 is 0 Å². The number of hydrogen-bond acceptors (Lipinski definition) is 3. The standard InChI is InChI=1S/C8H11FN2O2S/c9-7-2-1-6(3-4-10)8(5-7)14(11,12)13/h1-2,5H,3-4,10H2,(H2,11,12,13). The zero-order valence-electron chi connectivity index (χ0n) is 7.40. The van der Waals surface area contributed by atoms with Crippen molar-refractivity contribution in [2.45, 2.75) is 11.3 Å². The second-order valence-corrected chi connectivity index (χ2v) is 4.37. The number of halogens is 1. The van der Waals surface area contributed by atoms with E-state index in [-0.39, 0.29) is 11.4 Å². The molecule has 0 amide bonds. The van der Waals surface area contributed by atoms with Crippen LogP contribution in [0.2, 0.25) is 0 Å². The summed E-state index contributed by atoms with van der Waals surface area (Å²) in [4.78, 5) is -0.192. The van der Waals surface area contributed by atoms with E-state index in [4.69, 9.17) is 10.9 Å². The van der Waals surface area contributed by atoms with Crippen LogP contribution in [0, 0.1) is 5.82 Å². The Kier molecular flexibility index (Phi) is 3.20. The summed E-state index contributed by atoms with van der Waals surface area (Å²) < 4.78 is 34.9. The Labute approximate surface area is 81.8 Å². The van der Waals surface area contributed by atoms with Gasteiger partial charge in [-0.25, -0.2) is 17.9 Å². The highest BCUT2D eigenvalue weighted by Crippen LogP contribution is 2.15.